The average Bonchev–Trinajstić information content (AvgIpc) is 3.02. The van der Waals surface area contributed by atoms with Crippen LogP contribution in [-0.2, 0) is 27.3 Å². The molecule has 15 heteroatoms. The predicted molar refractivity (Wildman–Crippen MR) is 162 cm³/mol. The molecule has 3 aromatic rings. The molecule has 0 spiro atoms. The number of aliphatic hydroxyl groups excluding tert-OH is 1. The highest BCUT2D eigenvalue weighted by Crippen LogP contribution is 2.42. The summed E-state index contributed by atoms with van der Waals surface area (Å²) in [5.74, 6) is -1.07. The van der Waals surface area contributed by atoms with Gasteiger partial charge in [0.25, 0.3) is 0 Å². The van der Waals surface area contributed by atoms with Crippen molar-refractivity contribution in [3.8, 4) is 11.1 Å². The van der Waals surface area contributed by atoms with Gasteiger partial charge in [0.05, 0.1) is 65.4 Å². The average molecular weight is 689 g/mol. The monoisotopic (exact) mass is 688 g/mol. The standard InChI is InChI=1S/C32H32ClF7N4O3/c1-30(2,18-8-19(31(35,36)37)10-20(9-18)32(38,39)40)29(46)42(3)27-13-41-28(12-25(27)24-5-4-21(34)11-26(24)33)44-15-23-17-47-7-6-43(23)14-22(44)16-45/h4-5,8-13,22-23,45H,6-7,14-17H2,1-3H3/t22-,23-/m0/s1. The fraction of sp³-hybridized carbons (Fsp3) is 0.438. The van der Waals surface area contributed by atoms with E-state index < -0.39 is 46.2 Å². The van der Waals surface area contributed by atoms with Crippen molar-refractivity contribution in [3.05, 3.63) is 76.2 Å². The number of piperazine rings is 1. The highest BCUT2D eigenvalue weighted by Gasteiger charge is 2.42. The molecule has 2 atom stereocenters. The molecule has 2 saturated heterocycles. The molecule has 0 saturated carbocycles. The fourth-order valence-corrected chi connectivity index (χ4v) is 6.30. The summed E-state index contributed by atoms with van der Waals surface area (Å²) >= 11 is 6.46. The van der Waals surface area contributed by atoms with E-state index in [1.807, 2.05) is 4.90 Å². The molecule has 254 valence electrons. The Morgan fingerprint density at radius 2 is 1.64 bits per heavy atom. The van der Waals surface area contributed by atoms with Crippen LogP contribution >= 0.6 is 11.6 Å². The number of likely N-dealkylation sites (N-methyl/N-ethyl adjacent to an activating group) is 1. The van der Waals surface area contributed by atoms with Gasteiger partial charge in [-0.25, -0.2) is 9.37 Å². The van der Waals surface area contributed by atoms with Gasteiger partial charge in [0.1, 0.15) is 11.6 Å². The largest absolute Gasteiger partial charge is 0.416 e. The van der Waals surface area contributed by atoms with Gasteiger partial charge in [0.2, 0.25) is 5.91 Å². The second-order valence-corrected chi connectivity index (χ2v) is 12.6. The van der Waals surface area contributed by atoms with Crippen LogP contribution in [0.5, 0.6) is 0 Å². The van der Waals surface area contributed by atoms with E-state index in [9.17, 15) is 40.6 Å². The molecular weight excluding hydrogens is 657 g/mol. The van der Waals surface area contributed by atoms with Crippen LogP contribution in [-0.4, -0.2) is 79.5 Å². The van der Waals surface area contributed by atoms with Crippen LogP contribution in [0.15, 0.2) is 48.7 Å². The number of aromatic nitrogens is 1. The molecule has 2 aliphatic rings. The first-order valence-corrected chi connectivity index (χ1v) is 15.0. The maximum Gasteiger partial charge on any atom is 0.416 e. The molecule has 0 unspecified atom stereocenters. The van der Waals surface area contributed by atoms with Gasteiger partial charge >= 0.3 is 12.4 Å². The number of amides is 1. The zero-order valence-corrected chi connectivity index (χ0v) is 26.3. The Labute approximate surface area is 271 Å². The molecule has 2 fully saturated rings. The van der Waals surface area contributed by atoms with Gasteiger partial charge in [-0.05, 0) is 61.9 Å². The highest BCUT2D eigenvalue weighted by atomic mass is 35.5. The molecule has 0 aliphatic carbocycles. The molecule has 2 aromatic carbocycles. The summed E-state index contributed by atoms with van der Waals surface area (Å²) in [5, 5.41) is 10.2. The van der Waals surface area contributed by atoms with E-state index in [4.69, 9.17) is 16.3 Å². The van der Waals surface area contributed by atoms with Crippen molar-refractivity contribution in [2.45, 2.75) is 43.7 Å². The summed E-state index contributed by atoms with van der Waals surface area (Å²) in [5.41, 5.74) is -4.77. The van der Waals surface area contributed by atoms with Crippen LogP contribution in [0.3, 0.4) is 0 Å². The molecule has 3 heterocycles. The number of morpholine rings is 1. The number of halogens is 8. The first-order valence-electron chi connectivity index (χ1n) is 14.6. The van der Waals surface area contributed by atoms with Crippen LogP contribution in [0.1, 0.15) is 30.5 Å². The van der Waals surface area contributed by atoms with Gasteiger partial charge in [0.15, 0.2) is 0 Å². The third kappa shape index (κ3) is 7.06. The molecule has 7 nitrogen and oxygen atoms in total. The number of rotatable bonds is 6. The van der Waals surface area contributed by atoms with Crippen molar-refractivity contribution in [3.63, 3.8) is 0 Å². The van der Waals surface area contributed by atoms with Crippen molar-refractivity contribution < 1.29 is 45.4 Å². The van der Waals surface area contributed by atoms with Crippen LogP contribution in [0.25, 0.3) is 11.1 Å². The Morgan fingerprint density at radius 1 is 1.00 bits per heavy atom. The number of pyridine rings is 1. The highest BCUT2D eigenvalue weighted by molar-refractivity contribution is 6.33. The number of aliphatic hydroxyl groups is 1. The smallest absolute Gasteiger partial charge is 0.394 e. The Hall–Kier alpha value is -3.46. The van der Waals surface area contributed by atoms with E-state index in [0.29, 0.717) is 61.9 Å². The van der Waals surface area contributed by atoms with Gasteiger partial charge in [0, 0.05) is 37.8 Å². The van der Waals surface area contributed by atoms with Crippen LogP contribution in [0.4, 0.5) is 42.2 Å². The minimum Gasteiger partial charge on any atom is -0.394 e. The number of hydrogen-bond donors (Lipinski definition) is 1. The van der Waals surface area contributed by atoms with Crippen molar-refractivity contribution in [1.82, 2.24) is 9.88 Å². The summed E-state index contributed by atoms with van der Waals surface area (Å²) in [6, 6.07) is 5.97. The normalized spacial score (nSPS) is 19.4. The lowest BCUT2D eigenvalue weighted by Crippen LogP contribution is -2.63. The second kappa shape index (κ2) is 12.9. The third-order valence-electron chi connectivity index (χ3n) is 8.75. The summed E-state index contributed by atoms with van der Waals surface area (Å²) in [6.45, 7) is 5.00. The minimum atomic E-state index is -5.10. The van der Waals surface area contributed by atoms with E-state index in [0.717, 1.165) is 17.0 Å². The minimum absolute atomic E-state index is 0.00393. The Kier molecular flexibility index (Phi) is 9.54. The SMILES string of the molecule is CN(C(=O)C(C)(C)c1cc(C(F)(F)F)cc(C(F)(F)F)c1)c1cnc(N2C[C@H]3COCCN3C[C@H]2CO)cc1-c1ccc(F)cc1Cl. The number of anilines is 2. The fourth-order valence-electron chi connectivity index (χ4n) is 6.03. The Balaban J connectivity index is 1.59. The zero-order valence-electron chi connectivity index (χ0n) is 25.6. The topological polar surface area (TPSA) is 69.1 Å². The molecular formula is C32H32ClF7N4O3. The van der Waals surface area contributed by atoms with E-state index in [-0.39, 0.29) is 35.5 Å². The van der Waals surface area contributed by atoms with Crippen molar-refractivity contribution in [2.75, 3.05) is 56.3 Å². The molecule has 47 heavy (non-hydrogen) atoms. The Bertz CT molecular complexity index is 1620. The summed E-state index contributed by atoms with van der Waals surface area (Å²) in [4.78, 5) is 23.8. The molecule has 1 aromatic heterocycles. The van der Waals surface area contributed by atoms with Crippen molar-refractivity contribution in [2.24, 2.45) is 0 Å². The van der Waals surface area contributed by atoms with Gasteiger partial charge in [-0.3, -0.25) is 9.69 Å². The summed E-state index contributed by atoms with van der Waals surface area (Å²) in [7, 11) is 1.31. The van der Waals surface area contributed by atoms with Gasteiger partial charge in [-0.2, -0.15) is 26.3 Å². The number of carbonyl (C=O) groups is 1. The molecule has 0 bridgehead atoms. The van der Waals surface area contributed by atoms with E-state index in [1.54, 1.807) is 6.07 Å². The number of carbonyl (C=O) groups excluding carboxylic acids is 1. The summed E-state index contributed by atoms with van der Waals surface area (Å²) in [6.07, 6.45) is -8.87. The molecule has 1 amide bonds. The lowest BCUT2D eigenvalue weighted by Gasteiger charge is -2.48. The first kappa shape index (κ1) is 34.9. The zero-order chi connectivity index (χ0) is 34.5. The van der Waals surface area contributed by atoms with E-state index in [1.165, 1.54) is 33.2 Å². The number of hydrogen-bond acceptors (Lipinski definition) is 6. The summed E-state index contributed by atoms with van der Waals surface area (Å²) < 4.78 is 102. The van der Waals surface area contributed by atoms with Crippen molar-refractivity contribution >= 4 is 29.0 Å². The number of nitrogens with zero attached hydrogens (tertiary/aromatic N) is 4. The van der Waals surface area contributed by atoms with E-state index in [2.05, 4.69) is 9.88 Å². The lowest BCUT2D eigenvalue weighted by molar-refractivity contribution is -0.143. The molecule has 2 aliphatic heterocycles. The maximum absolute atomic E-state index is 14.1. The molecule has 5 rings (SSSR count). The van der Waals surface area contributed by atoms with Gasteiger partial charge < -0.3 is 19.6 Å². The molecule has 1 N–H and O–H groups in total. The predicted octanol–water partition coefficient (Wildman–Crippen LogP) is 6.40. The number of alkyl halides is 6. The van der Waals surface area contributed by atoms with Crippen LogP contribution in [0.2, 0.25) is 5.02 Å². The number of ether oxygens (including phenoxy) is 1. The quantitative estimate of drug-likeness (QED) is 0.303. The third-order valence-corrected chi connectivity index (χ3v) is 9.06. The van der Waals surface area contributed by atoms with E-state index >= 15 is 0 Å². The Morgan fingerprint density at radius 3 is 2.23 bits per heavy atom. The van der Waals surface area contributed by atoms with Crippen molar-refractivity contribution in [1.29, 1.82) is 0 Å². The van der Waals surface area contributed by atoms with Gasteiger partial charge in [-0.15, -0.1) is 0 Å². The maximum atomic E-state index is 14.1. The number of fused-ring (bicyclic) bond motifs is 1. The van der Waals surface area contributed by atoms with Gasteiger partial charge in [-0.1, -0.05) is 11.6 Å². The molecule has 0 radical (unpaired) electrons. The first-order chi connectivity index (χ1) is 21.9. The van der Waals surface area contributed by atoms with Crippen LogP contribution < -0.4 is 9.80 Å². The second-order valence-electron chi connectivity index (χ2n) is 12.2. The number of benzene rings is 2. The van der Waals surface area contributed by atoms with Crippen LogP contribution in [0, 0.1) is 5.82 Å². The lowest BCUT2D eigenvalue weighted by atomic mass is 9.81.